The van der Waals surface area contributed by atoms with E-state index >= 15 is 0 Å². The first-order chi connectivity index (χ1) is 11.8. The SMILES string of the molecule is CC(C)(COCC(C)(C)c1ccc(C#N)cc1)c1ccc(C#N)cc1. The van der Waals surface area contributed by atoms with E-state index < -0.39 is 0 Å². The van der Waals surface area contributed by atoms with Gasteiger partial charge in [0.25, 0.3) is 0 Å². The zero-order chi connectivity index (χ0) is 18.5. The van der Waals surface area contributed by atoms with Gasteiger partial charge in [-0.25, -0.2) is 0 Å². The Morgan fingerprint density at radius 3 is 1.28 bits per heavy atom. The van der Waals surface area contributed by atoms with Crippen molar-refractivity contribution in [3.8, 4) is 12.1 Å². The standard InChI is InChI=1S/C22H24N2O/c1-21(2,19-9-5-17(13-23)6-10-19)15-25-16-22(3,4)20-11-7-18(14-24)8-12-20/h5-12H,15-16H2,1-4H3. The third-order valence-electron chi connectivity index (χ3n) is 4.52. The highest BCUT2D eigenvalue weighted by Crippen LogP contribution is 2.27. The molecule has 0 saturated heterocycles. The van der Waals surface area contributed by atoms with Crippen LogP contribution >= 0.6 is 0 Å². The van der Waals surface area contributed by atoms with Gasteiger partial charge in [-0.05, 0) is 35.4 Å². The van der Waals surface area contributed by atoms with Gasteiger partial charge in [0.15, 0.2) is 0 Å². The maximum atomic E-state index is 8.91. The summed E-state index contributed by atoms with van der Waals surface area (Å²) in [6.45, 7) is 9.76. The van der Waals surface area contributed by atoms with E-state index in [2.05, 4.69) is 39.8 Å². The van der Waals surface area contributed by atoms with Gasteiger partial charge in [-0.2, -0.15) is 10.5 Å². The third-order valence-corrected chi connectivity index (χ3v) is 4.52. The van der Waals surface area contributed by atoms with E-state index in [1.165, 1.54) is 0 Å². The third kappa shape index (κ3) is 4.69. The monoisotopic (exact) mass is 332 g/mol. The molecular formula is C22H24N2O. The Morgan fingerprint density at radius 1 is 0.680 bits per heavy atom. The molecule has 0 unspecified atom stereocenters. The Kier molecular flexibility index (Phi) is 5.62. The topological polar surface area (TPSA) is 56.8 Å². The molecule has 0 aliphatic rings. The molecule has 0 heterocycles. The first-order valence-electron chi connectivity index (χ1n) is 8.37. The lowest BCUT2D eigenvalue weighted by Gasteiger charge is -2.30. The Balaban J connectivity index is 1.99. The first-order valence-corrected chi connectivity index (χ1v) is 8.37. The zero-order valence-electron chi connectivity index (χ0n) is 15.3. The van der Waals surface area contributed by atoms with Gasteiger partial charge in [-0.3, -0.25) is 0 Å². The number of rotatable bonds is 6. The van der Waals surface area contributed by atoms with Gasteiger partial charge in [0, 0.05) is 10.8 Å². The molecule has 0 aliphatic carbocycles. The van der Waals surface area contributed by atoms with Crippen LogP contribution in [-0.2, 0) is 15.6 Å². The van der Waals surface area contributed by atoms with Crippen LogP contribution in [0.2, 0.25) is 0 Å². The first kappa shape index (κ1) is 18.7. The molecule has 2 rings (SSSR count). The van der Waals surface area contributed by atoms with Crippen molar-refractivity contribution in [1.29, 1.82) is 10.5 Å². The minimum Gasteiger partial charge on any atom is -0.380 e. The molecule has 0 atom stereocenters. The van der Waals surface area contributed by atoms with Crippen LogP contribution in [0.5, 0.6) is 0 Å². The fourth-order valence-electron chi connectivity index (χ4n) is 2.72. The smallest absolute Gasteiger partial charge is 0.0991 e. The number of hydrogen-bond donors (Lipinski definition) is 0. The summed E-state index contributed by atoms with van der Waals surface area (Å²) in [6.07, 6.45) is 0. The van der Waals surface area contributed by atoms with E-state index in [-0.39, 0.29) is 10.8 Å². The lowest BCUT2D eigenvalue weighted by atomic mass is 9.84. The van der Waals surface area contributed by atoms with E-state index in [1.807, 2.05) is 48.5 Å². The molecule has 2 aromatic carbocycles. The second-order valence-corrected chi connectivity index (χ2v) is 7.64. The highest BCUT2D eigenvalue weighted by molar-refractivity contribution is 5.35. The molecule has 0 bridgehead atoms. The molecule has 0 aromatic heterocycles. The van der Waals surface area contributed by atoms with Crippen molar-refractivity contribution < 1.29 is 4.74 Å². The van der Waals surface area contributed by atoms with E-state index in [4.69, 9.17) is 15.3 Å². The van der Waals surface area contributed by atoms with Crippen molar-refractivity contribution in [3.05, 3.63) is 70.8 Å². The highest BCUT2D eigenvalue weighted by atomic mass is 16.5. The Hall–Kier alpha value is -2.62. The molecule has 0 fully saturated rings. The molecule has 3 heteroatoms. The minimum absolute atomic E-state index is 0.130. The second kappa shape index (κ2) is 7.51. The number of benzene rings is 2. The van der Waals surface area contributed by atoms with E-state index in [1.54, 1.807) is 0 Å². The molecule has 0 aliphatic heterocycles. The maximum absolute atomic E-state index is 8.91. The van der Waals surface area contributed by atoms with Crippen molar-refractivity contribution in [3.63, 3.8) is 0 Å². The Labute approximate surface area is 150 Å². The Morgan fingerprint density at radius 2 is 1.00 bits per heavy atom. The summed E-state index contributed by atoms with van der Waals surface area (Å²) in [5.41, 5.74) is 3.39. The van der Waals surface area contributed by atoms with Crippen LogP contribution in [0.3, 0.4) is 0 Å². The van der Waals surface area contributed by atoms with E-state index in [9.17, 15) is 0 Å². The van der Waals surface area contributed by atoms with Gasteiger partial charge in [0.1, 0.15) is 0 Å². The molecule has 0 radical (unpaired) electrons. The molecule has 128 valence electrons. The maximum Gasteiger partial charge on any atom is 0.0991 e. The van der Waals surface area contributed by atoms with Crippen LogP contribution in [-0.4, -0.2) is 13.2 Å². The molecule has 0 N–H and O–H groups in total. The van der Waals surface area contributed by atoms with Gasteiger partial charge in [-0.15, -0.1) is 0 Å². The quantitative estimate of drug-likeness (QED) is 0.770. The normalized spacial score (nSPS) is 11.6. The summed E-state index contributed by atoms with van der Waals surface area (Å²) in [4.78, 5) is 0. The summed E-state index contributed by atoms with van der Waals surface area (Å²) in [6, 6.07) is 19.6. The molecule has 0 amide bonds. The average Bonchev–Trinajstić information content (AvgIpc) is 2.61. The van der Waals surface area contributed by atoms with Gasteiger partial charge in [0.2, 0.25) is 0 Å². The van der Waals surface area contributed by atoms with Gasteiger partial charge < -0.3 is 4.74 Å². The van der Waals surface area contributed by atoms with Crippen LogP contribution in [0.15, 0.2) is 48.5 Å². The molecule has 2 aromatic rings. The lowest BCUT2D eigenvalue weighted by Crippen LogP contribution is -2.30. The number of nitrogens with zero attached hydrogens (tertiary/aromatic N) is 2. The van der Waals surface area contributed by atoms with Crippen molar-refractivity contribution in [2.24, 2.45) is 0 Å². The number of hydrogen-bond acceptors (Lipinski definition) is 3. The van der Waals surface area contributed by atoms with Gasteiger partial charge >= 0.3 is 0 Å². The molecule has 25 heavy (non-hydrogen) atoms. The number of nitriles is 2. The van der Waals surface area contributed by atoms with Crippen molar-refractivity contribution in [2.45, 2.75) is 38.5 Å². The fraction of sp³-hybridized carbons (Fsp3) is 0.364. The summed E-state index contributed by atoms with van der Waals surface area (Å²) in [5.74, 6) is 0. The summed E-state index contributed by atoms with van der Waals surface area (Å²) in [5, 5.41) is 17.8. The van der Waals surface area contributed by atoms with Crippen LogP contribution in [0.1, 0.15) is 49.9 Å². The molecule has 0 spiro atoms. The predicted octanol–water partition coefficient (Wildman–Crippen LogP) is 4.70. The van der Waals surface area contributed by atoms with Crippen LogP contribution < -0.4 is 0 Å². The fourth-order valence-corrected chi connectivity index (χ4v) is 2.72. The van der Waals surface area contributed by atoms with Gasteiger partial charge in [-0.1, -0.05) is 52.0 Å². The van der Waals surface area contributed by atoms with Crippen molar-refractivity contribution in [2.75, 3.05) is 13.2 Å². The molecule has 0 saturated carbocycles. The molecular weight excluding hydrogens is 308 g/mol. The summed E-state index contributed by atoms with van der Waals surface area (Å²) in [7, 11) is 0. The van der Waals surface area contributed by atoms with Crippen molar-refractivity contribution in [1.82, 2.24) is 0 Å². The van der Waals surface area contributed by atoms with E-state index in [0.717, 1.165) is 11.1 Å². The predicted molar refractivity (Wildman–Crippen MR) is 99.2 cm³/mol. The molecule has 3 nitrogen and oxygen atoms in total. The van der Waals surface area contributed by atoms with Gasteiger partial charge in [0.05, 0.1) is 36.5 Å². The second-order valence-electron chi connectivity index (χ2n) is 7.64. The largest absolute Gasteiger partial charge is 0.380 e. The van der Waals surface area contributed by atoms with Crippen molar-refractivity contribution >= 4 is 0 Å². The van der Waals surface area contributed by atoms with E-state index in [0.29, 0.717) is 24.3 Å². The number of ether oxygens (including phenoxy) is 1. The average molecular weight is 332 g/mol. The van der Waals surface area contributed by atoms with Crippen LogP contribution in [0.25, 0.3) is 0 Å². The van der Waals surface area contributed by atoms with Crippen LogP contribution in [0.4, 0.5) is 0 Å². The van der Waals surface area contributed by atoms with Crippen LogP contribution in [0, 0.1) is 22.7 Å². The minimum atomic E-state index is -0.130. The summed E-state index contributed by atoms with van der Waals surface area (Å²) < 4.78 is 6.06. The Bertz CT molecular complexity index is 718. The summed E-state index contributed by atoms with van der Waals surface area (Å²) >= 11 is 0. The lowest BCUT2D eigenvalue weighted by molar-refractivity contribution is 0.0634. The zero-order valence-corrected chi connectivity index (χ0v) is 15.3. The highest BCUT2D eigenvalue weighted by Gasteiger charge is 2.25.